The Bertz CT molecular complexity index is 423. The quantitative estimate of drug-likeness (QED) is 0.789. The molecule has 1 N–H and O–H groups in total. The second-order valence-corrected chi connectivity index (χ2v) is 7.69. The number of amides is 1. The Kier molecular flexibility index (Phi) is 6.42. The van der Waals surface area contributed by atoms with Gasteiger partial charge in [-0.15, -0.1) is 0 Å². The maximum atomic E-state index is 12.6. The first-order valence-electron chi connectivity index (χ1n) is 7.32. The molecule has 0 aromatic rings. The van der Waals surface area contributed by atoms with Crippen molar-refractivity contribution < 1.29 is 13.2 Å². The Balaban J connectivity index is 2.73. The zero-order chi connectivity index (χ0) is 15.3. The maximum Gasteiger partial charge on any atom is 0.282 e. The summed E-state index contributed by atoms with van der Waals surface area (Å²) in [5, 5.41) is 2.73. The van der Waals surface area contributed by atoms with E-state index in [1.54, 1.807) is 6.92 Å². The minimum absolute atomic E-state index is 0.0129. The van der Waals surface area contributed by atoms with E-state index in [0.29, 0.717) is 25.6 Å². The van der Waals surface area contributed by atoms with Crippen LogP contribution in [0.3, 0.4) is 0 Å². The second-order valence-electron chi connectivity index (χ2n) is 5.76. The highest BCUT2D eigenvalue weighted by Crippen LogP contribution is 2.20. The van der Waals surface area contributed by atoms with Crippen molar-refractivity contribution in [2.45, 2.75) is 46.6 Å². The van der Waals surface area contributed by atoms with E-state index in [9.17, 15) is 13.2 Å². The van der Waals surface area contributed by atoms with Crippen molar-refractivity contribution in [2.24, 2.45) is 5.92 Å². The van der Waals surface area contributed by atoms with E-state index in [0.717, 1.165) is 12.8 Å². The summed E-state index contributed by atoms with van der Waals surface area (Å²) in [6.45, 7) is 8.82. The standard InChI is InChI=1S/C13H27N3O3S/c1-5-15(10-13(17)14-11(2)3)20(18,19)16-8-6-7-12(4)9-16/h11-12H,5-10H2,1-4H3,(H,14,17)/t12-/m0/s1. The summed E-state index contributed by atoms with van der Waals surface area (Å²) in [6, 6.07) is 0.0129. The van der Waals surface area contributed by atoms with E-state index in [1.807, 2.05) is 13.8 Å². The number of nitrogens with one attached hydrogen (secondary N) is 1. The Hall–Kier alpha value is -0.660. The number of carbonyl (C=O) groups is 1. The number of nitrogens with zero attached hydrogens (tertiary/aromatic N) is 2. The molecule has 1 aliphatic heterocycles. The summed E-state index contributed by atoms with van der Waals surface area (Å²) in [5.41, 5.74) is 0. The fourth-order valence-electron chi connectivity index (χ4n) is 2.40. The van der Waals surface area contributed by atoms with Crippen molar-refractivity contribution in [1.82, 2.24) is 13.9 Å². The van der Waals surface area contributed by atoms with Crippen LogP contribution in [0.4, 0.5) is 0 Å². The van der Waals surface area contributed by atoms with Crippen LogP contribution in [0, 0.1) is 5.92 Å². The monoisotopic (exact) mass is 305 g/mol. The largest absolute Gasteiger partial charge is 0.353 e. The predicted molar refractivity (Wildman–Crippen MR) is 79.4 cm³/mol. The minimum Gasteiger partial charge on any atom is -0.353 e. The highest BCUT2D eigenvalue weighted by Gasteiger charge is 2.32. The van der Waals surface area contributed by atoms with Crippen LogP contribution in [0.5, 0.6) is 0 Å². The molecule has 7 heteroatoms. The van der Waals surface area contributed by atoms with E-state index in [-0.39, 0.29) is 18.5 Å². The second kappa shape index (κ2) is 7.38. The van der Waals surface area contributed by atoms with Gasteiger partial charge in [0.1, 0.15) is 0 Å². The highest BCUT2D eigenvalue weighted by molar-refractivity contribution is 7.86. The summed E-state index contributed by atoms with van der Waals surface area (Å²) in [5.74, 6) is 0.122. The number of rotatable bonds is 6. The number of likely N-dealkylation sites (N-methyl/N-ethyl adjacent to an activating group) is 1. The first-order valence-corrected chi connectivity index (χ1v) is 8.71. The fourth-order valence-corrected chi connectivity index (χ4v) is 4.14. The van der Waals surface area contributed by atoms with E-state index in [1.165, 1.54) is 8.61 Å². The van der Waals surface area contributed by atoms with Crippen LogP contribution in [0.1, 0.15) is 40.5 Å². The lowest BCUT2D eigenvalue weighted by atomic mass is 10.0. The molecule has 1 heterocycles. The molecule has 1 amide bonds. The van der Waals surface area contributed by atoms with Crippen LogP contribution < -0.4 is 5.32 Å². The van der Waals surface area contributed by atoms with Gasteiger partial charge < -0.3 is 5.32 Å². The van der Waals surface area contributed by atoms with Crippen molar-refractivity contribution in [3.8, 4) is 0 Å². The summed E-state index contributed by atoms with van der Waals surface area (Å²) < 4.78 is 27.9. The van der Waals surface area contributed by atoms with Gasteiger partial charge in [-0.2, -0.15) is 17.0 Å². The molecule has 1 aliphatic rings. The molecule has 6 nitrogen and oxygen atoms in total. The fraction of sp³-hybridized carbons (Fsp3) is 0.923. The number of hydrogen-bond acceptors (Lipinski definition) is 3. The molecule has 118 valence electrons. The van der Waals surface area contributed by atoms with Gasteiger partial charge in [0.05, 0.1) is 6.54 Å². The molecule has 0 radical (unpaired) electrons. The van der Waals surface area contributed by atoms with Crippen LogP contribution in [0.2, 0.25) is 0 Å². The zero-order valence-electron chi connectivity index (χ0n) is 12.9. The molecular weight excluding hydrogens is 278 g/mol. The summed E-state index contributed by atoms with van der Waals surface area (Å²) in [6.07, 6.45) is 1.95. The van der Waals surface area contributed by atoms with E-state index >= 15 is 0 Å². The first kappa shape index (κ1) is 17.4. The predicted octanol–water partition coefficient (Wildman–Crippen LogP) is 0.810. The van der Waals surface area contributed by atoms with E-state index in [2.05, 4.69) is 12.2 Å². The van der Waals surface area contributed by atoms with Crippen molar-refractivity contribution in [2.75, 3.05) is 26.2 Å². The summed E-state index contributed by atoms with van der Waals surface area (Å²) in [4.78, 5) is 11.8. The number of carbonyl (C=O) groups excluding carboxylic acids is 1. The molecule has 20 heavy (non-hydrogen) atoms. The van der Waals surface area contributed by atoms with Crippen molar-refractivity contribution in [3.05, 3.63) is 0 Å². The van der Waals surface area contributed by atoms with Gasteiger partial charge >= 0.3 is 0 Å². The summed E-state index contributed by atoms with van der Waals surface area (Å²) >= 11 is 0. The Labute approximate surface area is 122 Å². The summed E-state index contributed by atoms with van der Waals surface area (Å²) in [7, 11) is -3.53. The topological polar surface area (TPSA) is 69.7 Å². The normalized spacial score (nSPS) is 21.4. The maximum absolute atomic E-state index is 12.6. The molecule has 0 spiro atoms. The number of hydrogen-bond donors (Lipinski definition) is 1. The molecule has 1 rings (SSSR count). The van der Waals surface area contributed by atoms with E-state index < -0.39 is 10.2 Å². The van der Waals surface area contributed by atoms with Crippen LogP contribution in [-0.2, 0) is 15.0 Å². The van der Waals surface area contributed by atoms with Gasteiger partial charge in [0.15, 0.2) is 0 Å². The van der Waals surface area contributed by atoms with Gasteiger partial charge in [0.25, 0.3) is 10.2 Å². The SMILES string of the molecule is CCN(CC(=O)NC(C)C)S(=O)(=O)N1CCC[C@H](C)C1. The Morgan fingerprint density at radius 2 is 2.10 bits per heavy atom. The molecule has 0 aliphatic carbocycles. The van der Waals surface area contributed by atoms with Gasteiger partial charge in [-0.3, -0.25) is 4.79 Å². The van der Waals surface area contributed by atoms with Gasteiger partial charge in [-0.1, -0.05) is 13.8 Å². The van der Waals surface area contributed by atoms with Crippen LogP contribution in [-0.4, -0.2) is 55.2 Å². The van der Waals surface area contributed by atoms with Crippen LogP contribution in [0.25, 0.3) is 0 Å². The molecule has 1 atom stereocenters. The first-order chi connectivity index (χ1) is 9.27. The Morgan fingerprint density at radius 3 is 2.60 bits per heavy atom. The molecule has 1 saturated heterocycles. The van der Waals surface area contributed by atoms with Gasteiger partial charge in [-0.05, 0) is 32.6 Å². The van der Waals surface area contributed by atoms with Crippen molar-refractivity contribution in [3.63, 3.8) is 0 Å². The van der Waals surface area contributed by atoms with Gasteiger partial charge in [-0.25, -0.2) is 0 Å². The van der Waals surface area contributed by atoms with Crippen molar-refractivity contribution >= 4 is 16.1 Å². The lowest BCUT2D eigenvalue weighted by Crippen LogP contribution is -2.50. The molecule has 0 bridgehead atoms. The van der Waals surface area contributed by atoms with Crippen LogP contribution >= 0.6 is 0 Å². The molecule has 0 unspecified atom stereocenters. The average Bonchev–Trinajstić information content (AvgIpc) is 2.34. The molecule has 0 aromatic heterocycles. The lowest BCUT2D eigenvalue weighted by molar-refractivity contribution is -0.121. The van der Waals surface area contributed by atoms with Crippen LogP contribution in [0.15, 0.2) is 0 Å². The lowest BCUT2D eigenvalue weighted by Gasteiger charge is -2.33. The third kappa shape index (κ3) is 4.71. The third-order valence-electron chi connectivity index (χ3n) is 3.39. The van der Waals surface area contributed by atoms with E-state index in [4.69, 9.17) is 0 Å². The zero-order valence-corrected chi connectivity index (χ0v) is 13.7. The van der Waals surface area contributed by atoms with Gasteiger partial charge in [0, 0.05) is 25.7 Å². The molecule has 0 aromatic carbocycles. The third-order valence-corrected chi connectivity index (χ3v) is 5.42. The highest BCUT2D eigenvalue weighted by atomic mass is 32.2. The van der Waals surface area contributed by atoms with Gasteiger partial charge in [0.2, 0.25) is 5.91 Å². The van der Waals surface area contributed by atoms with Crippen molar-refractivity contribution in [1.29, 1.82) is 0 Å². The smallest absolute Gasteiger partial charge is 0.282 e. The number of piperidine rings is 1. The minimum atomic E-state index is -3.53. The molecule has 1 fully saturated rings. The average molecular weight is 305 g/mol. The Morgan fingerprint density at radius 1 is 1.45 bits per heavy atom. The molecule has 0 saturated carbocycles. The molecular formula is C13H27N3O3S.